The predicted molar refractivity (Wildman–Crippen MR) is 91.4 cm³/mol. The van der Waals surface area contributed by atoms with E-state index in [0.29, 0.717) is 11.5 Å². The van der Waals surface area contributed by atoms with Crippen LogP contribution in [0.5, 0.6) is 5.75 Å². The van der Waals surface area contributed by atoms with Gasteiger partial charge in [0.2, 0.25) is 0 Å². The Morgan fingerprint density at radius 2 is 2.00 bits per heavy atom. The van der Waals surface area contributed by atoms with E-state index in [0.717, 1.165) is 64.2 Å². The van der Waals surface area contributed by atoms with Gasteiger partial charge in [-0.3, -0.25) is 0 Å². The number of nitrogens with zero attached hydrogens (tertiary/aromatic N) is 1. The highest BCUT2D eigenvalue weighted by Gasteiger charge is 2.55. The van der Waals surface area contributed by atoms with E-state index < -0.39 is 0 Å². The van der Waals surface area contributed by atoms with Crippen molar-refractivity contribution in [3.05, 3.63) is 29.3 Å². The Balaban J connectivity index is 1.35. The van der Waals surface area contributed by atoms with Crippen molar-refractivity contribution in [3.8, 4) is 5.75 Å². The third kappa shape index (κ3) is 2.97. The first-order chi connectivity index (χ1) is 11.7. The summed E-state index contributed by atoms with van der Waals surface area (Å²) in [6.45, 7) is 3.24. The second-order valence-electron chi connectivity index (χ2n) is 7.30. The Labute approximate surface area is 143 Å². The van der Waals surface area contributed by atoms with Crippen molar-refractivity contribution < 1.29 is 14.3 Å². The van der Waals surface area contributed by atoms with Crippen LogP contribution in [0.1, 0.15) is 30.4 Å². The van der Waals surface area contributed by atoms with E-state index in [9.17, 15) is 4.79 Å². The molecule has 1 aromatic rings. The van der Waals surface area contributed by atoms with Gasteiger partial charge in [0.25, 0.3) is 0 Å². The molecule has 0 aromatic heterocycles. The number of nitrogens with one attached hydrogen (secondary N) is 1. The smallest absolute Gasteiger partial charge is 0.317 e. The summed E-state index contributed by atoms with van der Waals surface area (Å²) in [5.41, 5.74) is 2.96. The van der Waals surface area contributed by atoms with Crippen molar-refractivity contribution in [2.45, 2.75) is 38.1 Å². The van der Waals surface area contributed by atoms with E-state index in [4.69, 9.17) is 9.47 Å². The molecule has 1 atom stereocenters. The quantitative estimate of drug-likeness (QED) is 0.906. The lowest BCUT2D eigenvalue weighted by Crippen LogP contribution is -2.44. The number of ether oxygens (including phenoxy) is 2. The molecule has 4 rings (SSSR count). The summed E-state index contributed by atoms with van der Waals surface area (Å²) in [4.78, 5) is 14.6. The molecule has 1 aromatic carbocycles. The fourth-order valence-corrected chi connectivity index (χ4v) is 4.15. The zero-order chi connectivity index (χ0) is 16.6. The Bertz CT molecular complexity index is 625. The predicted octanol–water partition coefficient (Wildman–Crippen LogP) is 2.37. The fourth-order valence-electron chi connectivity index (χ4n) is 4.15. The Morgan fingerprint density at radius 3 is 2.75 bits per heavy atom. The molecule has 3 aliphatic rings. The van der Waals surface area contributed by atoms with Gasteiger partial charge in [-0.15, -0.1) is 0 Å². The van der Waals surface area contributed by atoms with Crippen LogP contribution in [-0.2, 0) is 17.6 Å². The lowest BCUT2D eigenvalue weighted by molar-refractivity contribution is 0.0544. The Hall–Kier alpha value is -1.75. The molecule has 1 unspecified atom stereocenters. The van der Waals surface area contributed by atoms with Crippen molar-refractivity contribution in [1.29, 1.82) is 0 Å². The van der Waals surface area contributed by atoms with Crippen molar-refractivity contribution in [1.82, 2.24) is 10.2 Å². The van der Waals surface area contributed by atoms with E-state index in [1.165, 1.54) is 11.1 Å². The minimum atomic E-state index is 0.100. The van der Waals surface area contributed by atoms with E-state index in [-0.39, 0.29) is 6.03 Å². The zero-order valence-corrected chi connectivity index (χ0v) is 14.3. The van der Waals surface area contributed by atoms with E-state index >= 15 is 0 Å². The maximum atomic E-state index is 12.7. The zero-order valence-electron chi connectivity index (χ0n) is 14.3. The van der Waals surface area contributed by atoms with Crippen molar-refractivity contribution in [3.63, 3.8) is 0 Å². The summed E-state index contributed by atoms with van der Waals surface area (Å²) in [5.74, 6) is 0.895. The maximum Gasteiger partial charge on any atom is 0.317 e. The summed E-state index contributed by atoms with van der Waals surface area (Å²) < 4.78 is 10.8. The van der Waals surface area contributed by atoms with Crippen molar-refractivity contribution in [2.24, 2.45) is 5.41 Å². The van der Waals surface area contributed by atoms with Gasteiger partial charge in [-0.05, 0) is 60.8 Å². The highest BCUT2D eigenvalue weighted by Crippen LogP contribution is 2.53. The maximum absolute atomic E-state index is 12.7. The van der Waals surface area contributed by atoms with Crippen LogP contribution in [-0.4, -0.2) is 50.4 Å². The molecule has 1 saturated heterocycles. The van der Waals surface area contributed by atoms with Crippen LogP contribution in [0.25, 0.3) is 0 Å². The van der Waals surface area contributed by atoms with Crippen LogP contribution in [0.3, 0.4) is 0 Å². The lowest BCUT2D eigenvalue weighted by atomic mass is 9.96. The molecule has 0 bridgehead atoms. The molecule has 2 aliphatic heterocycles. The summed E-state index contributed by atoms with van der Waals surface area (Å²) in [5, 5.41) is 3.27. The van der Waals surface area contributed by atoms with Gasteiger partial charge in [0.1, 0.15) is 5.75 Å². The van der Waals surface area contributed by atoms with Gasteiger partial charge in [-0.2, -0.15) is 0 Å². The molecular weight excluding hydrogens is 304 g/mol. The van der Waals surface area contributed by atoms with Gasteiger partial charge in [-0.1, -0.05) is 6.07 Å². The van der Waals surface area contributed by atoms with Crippen LogP contribution < -0.4 is 10.1 Å². The average molecular weight is 330 g/mol. The number of benzene rings is 1. The van der Waals surface area contributed by atoms with Crippen LogP contribution in [0, 0.1) is 5.41 Å². The summed E-state index contributed by atoms with van der Waals surface area (Å²) in [6.07, 6.45) is 5.10. The van der Waals surface area contributed by atoms with Crippen molar-refractivity contribution in [2.75, 3.05) is 33.4 Å². The first kappa shape index (κ1) is 15.8. The van der Waals surface area contributed by atoms with E-state index in [1.807, 2.05) is 11.0 Å². The second kappa shape index (κ2) is 6.28. The number of carbonyl (C=O) groups excluding carboxylic acids is 1. The van der Waals surface area contributed by atoms with E-state index in [1.54, 1.807) is 7.11 Å². The molecular formula is C19H26N2O3. The molecule has 1 aliphatic carbocycles. The van der Waals surface area contributed by atoms with Crippen molar-refractivity contribution >= 4 is 6.03 Å². The minimum Gasteiger partial charge on any atom is -0.497 e. The molecule has 1 N–H and O–H groups in total. The summed E-state index contributed by atoms with van der Waals surface area (Å²) in [6, 6.07) is 6.69. The topological polar surface area (TPSA) is 50.8 Å². The van der Waals surface area contributed by atoms with Gasteiger partial charge in [0.05, 0.1) is 7.11 Å². The highest BCUT2D eigenvalue weighted by atomic mass is 16.5. The minimum absolute atomic E-state index is 0.100. The number of hydrogen-bond acceptors (Lipinski definition) is 3. The third-order valence-corrected chi connectivity index (χ3v) is 5.98. The number of methoxy groups -OCH3 is 1. The molecule has 24 heavy (non-hydrogen) atoms. The number of urea groups is 1. The monoisotopic (exact) mass is 330 g/mol. The van der Waals surface area contributed by atoms with E-state index in [2.05, 4.69) is 17.4 Å². The number of hydrogen-bond donors (Lipinski definition) is 1. The normalized spacial score (nSPS) is 24.9. The van der Waals surface area contributed by atoms with Gasteiger partial charge in [0.15, 0.2) is 0 Å². The van der Waals surface area contributed by atoms with Crippen LogP contribution in [0.4, 0.5) is 4.79 Å². The average Bonchev–Trinajstić information content (AvgIpc) is 3.31. The third-order valence-electron chi connectivity index (χ3n) is 5.98. The van der Waals surface area contributed by atoms with Crippen LogP contribution in [0.2, 0.25) is 0 Å². The molecule has 1 saturated carbocycles. The van der Waals surface area contributed by atoms with Gasteiger partial charge in [0, 0.05) is 32.3 Å². The number of carbonyl (C=O) groups is 1. The first-order valence-corrected chi connectivity index (χ1v) is 8.99. The fraction of sp³-hybridized carbons (Fsp3) is 0.632. The largest absolute Gasteiger partial charge is 0.497 e. The second-order valence-corrected chi connectivity index (χ2v) is 7.30. The standard InChI is InChI=1S/C19H26N2O3/c1-23-16-3-2-14-4-8-21(9-5-15(14)12-16)18(22)20-17-13-19(17)6-10-24-11-7-19/h2-3,12,17H,4-11,13H2,1H3,(H,20,22). The molecule has 1 spiro atoms. The van der Waals surface area contributed by atoms with Crippen LogP contribution >= 0.6 is 0 Å². The molecule has 2 fully saturated rings. The number of fused-ring (bicyclic) bond motifs is 1. The summed E-state index contributed by atoms with van der Waals surface area (Å²) >= 11 is 0. The van der Waals surface area contributed by atoms with Gasteiger partial charge < -0.3 is 19.7 Å². The molecule has 0 radical (unpaired) electrons. The molecule has 5 nitrogen and oxygen atoms in total. The lowest BCUT2D eigenvalue weighted by Gasteiger charge is -2.25. The molecule has 130 valence electrons. The molecule has 2 amide bonds. The summed E-state index contributed by atoms with van der Waals surface area (Å²) in [7, 11) is 1.69. The van der Waals surface area contributed by atoms with Gasteiger partial charge in [-0.25, -0.2) is 4.79 Å². The number of amides is 2. The SMILES string of the molecule is COc1ccc2c(c1)CCN(C(=O)NC1CC13CCOCC3)CC2. The van der Waals surface area contributed by atoms with Gasteiger partial charge >= 0.3 is 6.03 Å². The first-order valence-electron chi connectivity index (χ1n) is 8.99. The Kier molecular flexibility index (Phi) is 4.12. The number of rotatable bonds is 2. The Morgan fingerprint density at radius 1 is 1.25 bits per heavy atom. The highest BCUT2D eigenvalue weighted by molar-refractivity contribution is 5.75. The van der Waals surface area contributed by atoms with Crippen LogP contribution in [0.15, 0.2) is 18.2 Å². The molecule has 2 heterocycles. The molecule has 5 heteroatoms.